The van der Waals surface area contributed by atoms with Gasteiger partial charge < -0.3 is 15.8 Å². The first kappa shape index (κ1) is 17.6. The van der Waals surface area contributed by atoms with Crippen LogP contribution >= 0.6 is 23.2 Å². The zero-order valence-corrected chi connectivity index (χ0v) is 13.7. The lowest BCUT2D eigenvalue weighted by molar-refractivity contribution is -0.119. The number of carbonyl (C=O) groups excluding carboxylic acids is 2. The SMILES string of the molecule is N#Cc1ccccc1NC(=O)COC(=O)c1cc(Cl)cc(Cl)c1N. The molecule has 0 aromatic heterocycles. The Kier molecular flexibility index (Phi) is 5.64. The molecule has 0 aliphatic heterocycles. The number of rotatable bonds is 4. The predicted octanol–water partition coefficient (Wildman–Crippen LogP) is 3.24. The van der Waals surface area contributed by atoms with E-state index in [9.17, 15) is 9.59 Å². The molecule has 0 atom stereocenters. The van der Waals surface area contributed by atoms with E-state index in [1.807, 2.05) is 6.07 Å². The molecular weight excluding hydrogens is 353 g/mol. The van der Waals surface area contributed by atoms with Crippen LogP contribution < -0.4 is 11.1 Å². The molecule has 0 radical (unpaired) electrons. The summed E-state index contributed by atoms with van der Waals surface area (Å²) in [5, 5.41) is 11.8. The van der Waals surface area contributed by atoms with Gasteiger partial charge in [0, 0.05) is 5.02 Å². The molecule has 3 N–H and O–H groups in total. The molecule has 0 bridgehead atoms. The fourth-order valence-electron chi connectivity index (χ4n) is 1.84. The Hall–Kier alpha value is -2.75. The van der Waals surface area contributed by atoms with E-state index in [1.54, 1.807) is 24.3 Å². The number of nitrogens with two attached hydrogens (primary N) is 1. The molecule has 0 aliphatic carbocycles. The van der Waals surface area contributed by atoms with Gasteiger partial charge in [-0.25, -0.2) is 4.79 Å². The van der Waals surface area contributed by atoms with Crippen molar-refractivity contribution in [2.45, 2.75) is 0 Å². The van der Waals surface area contributed by atoms with E-state index in [1.165, 1.54) is 12.1 Å². The predicted molar refractivity (Wildman–Crippen MR) is 90.9 cm³/mol. The average Bonchev–Trinajstić information content (AvgIpc) is 2.56. The lowest BCUT2D eigenvalue weighted by Gasteiger charge is -2.10. The minimum atomic E-state index is -0.833. The summed E-state index contributed by atoms with van der Waals surface area (Å²) in [6.45, 7) is -0.553. The maximum Gasteiger partial charge on any atom is 0.340 e. The minimum absolute atomic E-state index is 0.0151. The molecule has 6 nitrogen and oxygen atoms in total. The van der Waals surface area contributed by atoms with Crippen LogP contribution in [0, 0.1) is 11.3 Å². The van der Waals surface area contributed by atoms with Gasteiger partial charge in [0.05, 0.1) is 27.5 Å². The van der Waals surface area contributed by atoms with Crippen LogP contribution in [0.25, 0.3) is 0 Å². The number of benzene rings is 2. The van der Waals surface area contributed by atoms with Crippen molar-refractivity contribution in [3.63, 3.8) is 0 Å². The van der Waals surface area contributed by atoms with Gasteiger partial charge in [-0.3, -0.25) is 4.79 Å². The maximum absolute atomic E-state index is 12.0. The third-order valence-corrected chi connectivity index (χ3v) is 3.50. The number of nitrogens with zero attached hydrogens (tertiary/aromatic N) is 1. The zero-order valence-electron chi connectivity index (χ0n) is 12.2. The molecule has 0 saturated heterocycles. The van der Waals surface area contributed by atoms with Crippen LogP contribution in [0.15, 0.2) is 36.4 Å². The molecule has 0 saturated carbocycles. The molecule has 2 aromatic rings. The molecule has 0 unspecified atom stereocenters. The quantitative estimate of drug-likeness (QED) is 0.640. The van der Waals surface area contributed by atoms with Crippen molar-refractivity contribution in [1.82, 2.24) is 0 Å². The number of anilines is 2. The largest absolute Gasteiger partial charge is 0.452 e. The van der Waals surface area contributed by atoms with E-state index in [0.29, 0.717) is 11.3 Å². The highest BCUT2D eigenvalue weighted by Crippen LogP contribution is 2.28. The molecule has 0 spiro atoms. The van der Waals surface area contributed by atoms with E-state index in [4.69, 9.17) is 38.9 Å². The number of nitrogens with one attached hydrogen (secondary N) is 1. The number of hydrogen-bond donors (Lipinski definition) is 2. The van der Waals surface area contributed by atoms with Gasteiger partial charge >= 0.3 is 5.97 Å². The summed E-state index contributed by atoms with van der Waals surface area (Å²) in [6.07, 6.45) is 0. The van der Waals surface area contributed by atoms with Crippen molar-refractivity contribution in [2.75, 3.05) is 17.7 Å². The van der Waals surface area contributed by atoms with Crippen molar-refractivity contribution in [1.29, 1.82) is 5.26 Å². The van der Waals surface area contributed by atoms with Crippen LogP contribution in [0.5, 0.6) is 0 Å². The van der Waals surface area contributed by atoms with E-state index < -0.39 is 18.5 Å². The second kappa shape index (κ2) is 7.68. The molecule has 122 valence electrons. The first-order valence-corrected chi connectivity index (χ1v) is 7.38. The number of nitriles is 1. The van der Waals surface area contributed by atoms with Crippen molar-refractivity contribution in [3.05, 3.63) is 57.6 Å². The monoisotopic (exact) mass is 363 g/mol. The van der Waals surface area contributed by atoms with E-state index in [2.05, 4.69) is 5.32 Å². The van der Waals surface area contributed by atoms with Gasteiger partial charge in [-0.1, -0.05) is 35.3 Å². The number of esters is 1. The molecule has 24 heavy (non-hydrogen) atoms. The molecule has 8 heteroatoms. The number of amides is 1. The average molecular weight is 364 g/mol. The summed E-state index contributed by atoms with van der Waals surface area (Å²) in [4.78, 5) is 23.9. The van der Waals surface area contributed by atoms with Gasteiger partial charge in [-0.2, -0.15) is 5.26 Å². The van der Waals surface area contributed by atoms with Gasteiger partial charge in [-0.05, 0) is 24.3 Å². The van der Waals surface area contributed by atoms with Gasteiger partial charge in [0.1, 0.15) is 6.07 Å². The van der Waals surface area contributed by atoms with Crippen LogP contribution in [-0.2, 0) is 9.53 Å². The second-order valence-corrected chi connectivity index (χ2v) is 5.47. The van der Waals surface area contributed by atoms with Crippen LogP contribution in [0.4, 0.5) is 11.4 Å². The maximum atomic E-state index is 12.0. The first-order chi connectivity index (χ1) is 11.4. The summed E-state index contributed by atoms with van der Waals surface area (Å²) in [5.74, 6) is -1.43. The van der Waals surface area contributed by atoms with Crippen molar-refractivity contribution >= 4 is 46.5 Å². The van der Waals surface area contributed by atoms with Gasteiger partial charge in [-0.15, -0.1) is 0 Å². The van der Waals surface area contributed by atoms with E-state index >= 15 is 0 Å². The number of carbonyl (C=O) groups is 2. The number of para-hydroxylation sites is 1. The Bertz CT molecular complexity index is 847. The fraction of sp³-hybridized carbons (Fsp3) is 0.0625. The van der Waals surface area contributed by atoms with Gasteiger partial charge in [0.2, 0.25) is 0 Å². The number of nitrogen functional groups attached to an aromatic ring is 1. The van der Waals surface area contributed by atoms with Crippen molar-refractivity contribution < 1.29 is 14.3 Å². The lowest BCUT2D eigenvalue weighted by Crippen LogP contribution is -2.21. The molecule has 0 aliphatic rings. The summed E-state index contributed by atoms with van der Waals surface area (Å²) in [6, 6.07) is 11.1. The fourth-order valence-corrected chi connectivity index (χ4v) is 2.33. The number of halogens is 2. The second-order valence-electron chi connectivity index (χ2n) is 4.63. The normalized spacial score (nSPS) is 9.88. The Morgan fingerprint density at radius 3 is 2.67 bits per heavy atom. The Morgan fingerprint density at radius 1 is 1.25 bits per heavy atom. The molecule has 2 aromatic carbocycles. The van der Waals surface area contributed by atoms with Crippen LogP contribution in [0.3, 0.4) is 0 Å². The van der Waals surface area contributed by atoms with Gasteiger partial charge in [0.25, 0.3) is 5.91 Å². The zero-order chi connectivity index (χ0) is 17.7. The third-order valence-electron chi connectivity index (χ3n) is 2.97. The lowest BCUT2D eigenvalue weighted by atomic mass is 10.2. The minimum Gasteiger partial charge on any atom is -0.452 e. The highest BCUT2D eigenvalue weighted by Gasteiger charge is 2.17. The highest BCUT2D eigenvalue weighted by atomic mass is 35.5. The Balaban J connectivity index is 2.02. The Morgan fingerprint density at radius 2 is 1.96 bits per heavy atom. The summed E-state index contributed by atoms with van der Waals surface area (Å²) in [5.41, 5.74) is 6.30. The molecule has 1 amide bonds. The highest BCUT2D eigenvalue weighted by molar-refractivity contribution is 6.37. The van der Waals surface area contributed by atoms with Crippen molar-refractivity contribution in [2.24, 2.45) is 0 Å². The Labute approximate surface area is 147 Å². The molecule has 2 rings (SSSR count). The van der Waals surface area contributed by atoms with Crippen molar-refractivity contribution in [3.8, 4) is 6.07 Å². The summed E-state index contributed by atoms with van der Waals surface area (Å²) >= 11 is 11.7. The molecule has 0 fully saturated rings. The third kappa shape index (κ3) is 4.16. The number of ether oxygens (including phenoxy) is 1. The summed E-state index contributed by atoms with van der Waals surface area (Å²) < 4.78 is 4.90. The summed E-state index contributed by atoms with van der Waals surface area (Å²) in [7, 11) is 0. The van der Waals surface area contributed by atoms with Crippen LogP contribution in [-0.4, -0.2) is 18.5 Å². The topological polar surface area (TPSA) is 105 Å². The first-order valence-electron chi connectivity index (χ1n) is 6.63. The van der Waals surface area contributed by atoms with Crippen LogP contribution in [0.1, 0.15) is 15.9 Å². The molecule has 0 heterocycles. The van der Waals surface area contributed by atoms with E-state index in [0.717, 1.165) is 0 Å². The molecular formula is C16H11Cl2N3O3. The number of hydrogen-bond acceptors (Lipinski definition) is 5. The van der Waals surface area contributed by atoms with Crippen LogP contribution in [0.2, 0.25) is 10.0 Å². The van der Waals surface area contributed by atoms with E-state index in [-0.39, 0.29) is 21.3 Å². The smallest absolute Gasteiger partial charge is 0.340 e. The standard InChI is InChI=1S/C16H11Cl2N3O3/c17-10-5-11(15(20)12(18)6-10)16(23)24-8-14(22)21-13-4-2-1-3-9(13)7-19/h1-6H,8,20H2,(H,21,22). The van der Waals surface area contributed by atoms with Gasteiger partial charge in [0.15, 0.2) is 6.61 Å².